The Labute approximate surface area is 205 Å². The number of nitrogens with zero attached hydrogens (tertiary/aromatic N) is 6. The van der Waals surface area contributed by atoms with E-state index in [2.05, 4.69) is 61.0 Å². The first-order valence-corrected chi connectivity index (χ1v) is 11.9. The van der Waals surface area contributed by atoms with Crippen molar-refractivity contribution in [2.24, 2.45) is 0 Å². The number of carbonyl (C=O) groups is 1. The number of piperazine rings is 1. The highest BCUT2D eigenvalue weighted by Crippen LogP contribution is 2.32. The molecule has 0 spiro atoms. The van der Waals surface area contributed by atoms with Gasteiger partial charge in [-0.2, -0.15) is 0 Å². The van der Waals surface area contributed by atoms with Crippen LogP contribution in [0.5, 0.6) is 0 Å². The molecule has 0 atom stereocenters. The van der Waals surface area contributed by atoms with Gasteiger partial charge < -0.3 is 15.1 Å². The average molecular weight is 468 g/mol. The molecule has 0 aliphatic carbocycles. The van der Waals surface area contributed by atoms with Crippen LogP contribution in [0.4, 0.5) is 17.2 Å². The summed E-state index contributed by atoms with van der Waals surface area (Å²) in [6.07, 6.45) is 6.85. The first kappa shape index (κ1) is 22.7. The van der Waals surface area contributed by atoms with Gasteiger partial charge in [0, 0.05) is 49.7 Å². The van der Waals surface area contributed by atoms with Gasteiger partial charge in [0.2, 0.25) is 0 Å². The molecule has 1 aliphatic heterocycles. The van der Waals surface area contributed by atoms with E-state index in [1.165, 1.54) is 5.56 Å². The minimum absolute atomic E-state index is 0.145. The van der Waals surface area contributed by atoms with Crippen molar-refractivity contribution in [1.82, 2.24) is 19.9 Å². The summed E-state index contributed by atoms with van der Waals surface area (Å²) in [6.45, 7) is 9.47. The highest BCUT2D eigenvalue weighted by Gasteiger charge is 2.23. The molecule has 0 bridgehead atoms. The Morgan fingerprint density at radius 2 is 1.77 bits per heavy atom. The fourth-order valence-electron chi connectivity index (χ4n) is 4.49. The monoisotopic (exact) mass is 467 g/mol. The van der Waals surface area contributed by atoms with Gasteiger partial charge in [0.05, 0.1) is 28.7 Å². The van der Waals surface area contributed by atoms with Gasteiger partial charge in [-0.05, 0) is 48.7 Å². The van der Waals surface area contributed by atoms with Crippen molar-refractivity contribution in [2.45, 2.75) is 26.7 Å². The lowest BCUT2D eigenvalue weighted by atomic mass is 10.0. The van der Waals surface area contributed by atoms with Crippen LogP contribution in [0.25, 0.3) is 10.9 Å². The number of benzene rings is 1. The molecule has 1 saturated heterocycles. The first-order chi connectivity index (χ1) is 17.0. The van der Waals surface area contributed by atoms with E-state index in [0.717, 1.165) is 54.3 Å². The molecule has 5 rings (SSSR count). The van der Waals surface area contributed by atoms with E-state index in [4.69, 9.17) is 0 Å². The Balaban J connectivity index is 1.39. The summed E-state index contributed by atoms with van der Waals surface area (Å²) < 4.78 is 0. The second-order valence-electron chi connectivity index (χ2n) is 9.09. The van der Waals surface area contributed by atoms with Crippen LogP contribution >= 0.6 is 0 Å². The Morgan fingerprint density at radius 1 is 0.971 bits per heavy atom. The average Bonchev–Trinajstić information content (AvgIpc) is 2.89. The third kappa shape index (κ3) is 4.64. The zero-order chi connectivity index (χ0) is 24.4. The number of rotatable bonds is 5. The number of hydrogen-bond acceptors (Lipinski definition) is 7. The normalized spacial score (nSPS) is 13.9. The number of aryl methyl sites for hydroxylation is 1. The third-order valence-corrected chi connectivity index (χ3v) is 6.53. The summed E-state index contributed by atoms with van der Waals surface area (Å²) in [5.74, 6) is 1.18. The van der Waals surface area contributed by atoms with Gasteiger partial charge in [0.25, 0.3) is 5.91 Å². The Hall–Kier alpha value is -4.07. The van der Waals surface area contributed by atoms with Crippen molar-refractivity contribution >= 4 is 34.0 Å². The Morgan fingerprint density at radius 3 is 2.54 bits per heavy atom. The van der Waals surface area contributed by atoms with Gasteiger partial charge in [-0.1, -0.05) is 19.9 Å². The summed E-state index contributed by atoms with van der Waals surface area (Å²) in [7, 11) is 0. The first-order valence-electron chi connectivity index (χ1n) is 11.9. The number of carbonyl (C=O) groups excluding carboxylic acids is 1. The Bertz CT molecular complexity index is 1360. The third-order valence-electron chi connectivity index (χ3n) is 6.53. The molecular weight excluding hydrogens is 438 g/mol. The van der Waals surface area contributed by atoms with E-state index in [0.29, 0.717) is 17.2 Å². The second-order valence-corrected chi connectivity index (χ2v) is 9.09. The molecule has 0 radical (unpaired) electrons. The minimum atomic E-state index is -0.145. The molecule has 0 saturated carbocycles. The van der Waals surface area contributed by atoms with Crippen LogP contribution in [0.15, 0.2) is 61.3 Å². The van der Waals surface area contributed by atoms with Crippen molar-refractivity contribution in [2.75, 3.05) is 41.3 Å². The molecule has 8 nitrogen and oxygen atoms in total. The molecule has 178 valence electrons. The maximum absolute atomic E-state index is 13.1. The van der Waals surface area contributed by atoms with Crippen LogP contribution in [-0.4, -0.2) is 52.0 Å². The van der Waals surface area contributed by atoms with Crippen molar-refractivity contribution in [1.29, 1.82) is 0 Å². The fraction of sp³-hybridized carbons (Fsp3) is 0.296. The summed E-state index contributed by atoms with van der Waals surface area (Å²) in [4.78, 5) is 35.0. The summed E-state index contributed by atoms with van der Waals surface area (Å²) in [5, 5.41) is 4.15. The van der Waals surface area contributed by atoms with Crippen LogP contribution in [-0.2, 0) is 0 Å². The van der Waals surface area contributed by atoms with E-state index < -0.39 is 0 Å². The maximum atomic E-state index is 13.1. The number of nitrogens with one attached hydrogen (secondary N) is 1. The summed E-state index contributed by atoms with van der Waals surface area (Å²) >= 11 is 0. The molecular formula is C27H29N7O. The van der Waals surface area contributed by atoms with Gasteiger partial charge in [0.1, 0.15) is 12.1 Å². The molecule has 3 aromatic heterocycles. The molecule has 4 heterocycles. The molecule has 1 fully saturated rings. The second kappa shape index (κ2) is 9.66. The zero-order valence-corrected chi connectivity index (χ0v) is 20.3. The predicted octanol–water partition coefficient (Wildman–Crippen LogP) is 4.43. The molecule has 4 aromatic rings. The largest absolute Gasteiger partial charge is 0.366 e. The SMILES string of the molecule is Cc1ncccc1C(=O)Nc1ccc(C(C)C)cc1N1CCN(c2ncnc3cnccc23)CC1. The summed E-state index contributed by atoms with van der Waals surface area (Å²) in [6, 6.07) is 11.9. The highest BCUT2D eigenvalue weighted by molar-refractivity contribution is 6.06. The fourth-order valence-corrected chi connectivity index (χ4v) is 4.49. The van der Waals surface area contributed by atoms with Crippen LogP contribution in [0.1, 0.15) is 41.4 Å². The molecule has 1 N–H and O–H groups in total. The number of hydrogen-bond donors (Lipinski definition) is 1. The predicted molar refractivity (Wildman–Crippen MR) is 139 cm³/mol. The van der Waals surface area contributed by atoms with Crippen LogP contribution in [0, 0.1) is 6.92 Å². The molecule has 1 amide bonds. The quantitative estimate of drug-likeness (QED) is 0.465. The lowest BCUT2D eigenvalue weighted by Gasteiger charge is -2.38. The molecule has 0 unspecified atom stereocenters. The standard InChI is InChI=1S/C27H29N7O/c1-18(2)20-6-7-23(32-27(35)21-5-4-9-29-19(21)3)25(15-20)33-11-13-34(14-12-33)26-22-8-10-28-16-24(22)30-17-31-26/h4-10,15-18H,11-14H2,1-3H3,(H,32,35). The van der Waals surface area contributed by atoms with E-state index in [1.54, 1.807) is 37.1 Å². The lowest BCUT2D eigenvalue weighted by molar-refractivity contribution is 0.102. The minimum Gasteiger partial charge on any atom is -0.366 e. The van der Waals surface area contributed by atoms with Crippen molar-refractivity contribution in [3.05, 3.63) is 78.1 Å². The molecule has 8 heteroatoms. The number of amides is 1. The smallest absolute Gasteiger partial charge is 0.257 e. The number of aromatic nitrogens is 4. The van der Waals surface area contributed by atoms with Gasteiger partial charge in [-0.25, -0.2) is 9.97 Å². The highest BCUT2D eigenvalue weighted by atomic mass is 16.1. The Kier molecular flexibility index (Phi) is 6.27. The van der Waals surface area contributed by atoms with Crippen molar-refractivity contribution < 1.29 is 4.79 Å². The zero-order valence-electron chi connectivity index (χ0n) is 20.3. The number of fused-ring (bicyclic) bond motifs is 1. The number of pyridine rings is 2. The molecule has 1 aliphatic rings. The van der Waals surface area contributed by atoms with Gasteiger partial charge in [0.15, 0.2) is 0 Å². The number of anilines is 3. The van der Waals surface area contributed by atoms with Gasteiger partial charge >= 0.3 is 0 Å². The molecule has 35 heavy (non-hydrogen) atoms. The van der Waals surface area contributed by atoms with Crippen LogP contribution in [0.3, 0.4) is 0 Å². The van der Waals surface area contributed by atoms with Gasteiger partial charge in [-0.15, -0.1) is 0 Å². The van der Waals surface area contributed by atoms with Crippen LogP contribution < -0.4 is 15.1 Å². The lowest BCUT2D eigenvalue weighted by Crippen LogP contribution is -2.47. The van der Waals surface area contributed by atoms with Crippen molar-refractivity contribution in [3.63, 3.8) is 0 Å². The van der Waals surface area contributed by atoms with Gasteiger partial charge in [-0.3, -0.25) is 14.8 Å². The topological polar surface area (TPSA) is 87.1 Å². The summed E-state index contributed by atoms with van der Waals surface area (Å²) in [5.41, 5.74) is 5.25. The van der Waals surface area contributed by atoms with E-state index in [1.807, 2.05) is 19.1 Å². The van der Waals surface area contributed by atoms with Crippen molar-refractivity contribution in [3.8, 4) is 0 Å². The van der Waals surface area contributed by atoms with E-state index in [-0.39, 0.29) is 5.91 Å². The van der Waals surface area contributed by atoms with E-state index in [9.17, 15) is 4.79 Å². The van der Waals surface area contributed by atoms with Crippen LogP contribution in [0.2, 0.25) is 0 Å². The molecule has 1 aromatic carbocycles. The van der Waals surface area contributed by atoms with E-state index >= 15 is 0 Å². The maximum Gasteiger partial charge on any atom is 0.257 e.